The van der Waals surface area contributed by atoms with E-state index < -0.39 is 48.4 Å². The topological polar surface area (TPSA) is 117 Å². The van der Waals surface area contributed by atoms with Gasteiger partial charge < -0.3 is 24.3 Å². The molecule has 1 amide bonds. The van der Waals surface area contributed by atoms with Crippen LogP contribution in [0, 0.1) is 0 Å². The second-order valence-corrected chi connectivity index (χ2v) is 5.80. The molecule has 0 spiro atoms. The Hall–Kier alpha value is -2.16. The van der Waals surface area contributed by atoms with Crippen molar-refractivity contribution >= 4 is 23.8 Å². The third-order valence-electron chi connectivity index (χ3n) is 3.62. The summed E-state index contributed by atoms with van der Waals surface area (Å²) in [5.74, 6) is -2.08. The summed E-state index contributed by atoms with van der Waals surface area (Å²) in [7, 11) is 0. The van der Waals surface area contributed by atoms with Gasteiger partial charge in [-0.1, -0.05) is 6.92 Å². The smallest absolute Gasteiger partial charge is 0.303 e. The van der Waals surface area contributed by atoms with E-state index in [1.165, 1.54) is 27.7 Å². The molecule has 9 nitrogen and oxygen atoms in total. The second kappa shape index (κ2) is 9.36. The van der Waals surface area contributed by atoms with Gasteiger partial charge in [-0.3, -0.25) is 19.2 Å². The summed E-state index contributed by atoms with van der Waals surface area (Å²) in [6.07, 6.45) is -2.84. The van der Waals surface area contributed by atoms with Crippen molar-refractivity contribution in [3.05, 3.63) is 0 Å². The van der Waals surface area contributed by atoms with E-state index in [2.05, 4.69) is 5.32 Å². The van der Waals surface area contributed by atoms with E-state index in [4.69, 9.17) is 18.9 Å². The van der Waals surface area contributed by atoms with E-state index >= 15 is 0 Å². The molecular formula is C16H25NO8. The van der Waals surface area contributed by atoms with Gasteiger partial charge >= 0.3 is 17.9 Å². The average Bonchev–Trinajstić information content (AvgIpc) is 2.48. The van der Waals surface area contributed by atoms with Crippen molar-refractivity contribution in [1.82, 2.24) is 5.32 Å². The Morgan fingerprint density at radius 2 is 1.44 bits per heavy atom. The van der Waals surface area contributed by atoms with Gasteiger partial charge in [0.15, 0.2) is 12.2 Å². The fraction of sp³-hybridized carbons (Fsp3) is 0.750. The molecule has 1 fully saturated rings. The van der Waals surface area contributed by atoms with Crippen molar-refractivity contribution in [2.45, 2.75) is 71.5 Å². The number of ether oxygens (including phenoxy) is 4. The van der Waals surface area contributed by atoms with E-state index in [0.717, 1.165) is 0 Å². The van der Waals surface area contributed by atoms with Crippen molar-refractivity contribution in [3.63, 3.8) is 0 Å². The lowest BCUT2D eigenvalue weighted by atomic mass is 9.91. The van der Waals surface area contributed by atoms with Gasteiger partial charge in [-0.15, -0.1) is 0 Å². The van der Waals surface area contributed by atoms with Crippen LogP contribution in [0.3, 0.4) is 0 Å². The number of nitrogens with one attached hydrogen (secondary N) is 1. The molecule has 1 aliphatic rings. The second-order valence-electron chi connectivity index (χ2n) is 5.80. The van der Waals surface area contributed by atoms with Crippen LogP contribution in [-0.2, 0) is 38.1 Å². The molecule has 0 aromatic rings. The SMILES string of the molecule is CCC1OC(COC(C)=O)C(OC(C)=O)C(OC(C)=O)C1NC(C)=O. The van der Waals surface area contributed by atoms with E-state index in [0.29, 0.717) is 6.42 Å². The summed E-state index contributed by atoms with van der Waals surface area (Å²) in [6, 6.07) is -0.704. The summed E-state index contributed by atoms with van der Waals surface area (Å²) in [4.78, 5) is 45.7. The summed E-state index contributed by atoms with van der Waals surface area (Å²) < 4.78 is 21.4. The standard InChI is InChI=1S/C16H25NO8/c1-6-12-14(17-8(2)18)16(24-11(5)21)15(23-10(4)20)13(25-12)7-22-9(3)19/h12-16H,6-7H2,1-5H3,(H,17,18). The van der Waals surface area contributed by atoms with Crippen LogP contribution in [0.2, 0.25) is 0 Å². The van der Waals surface area contributed by atoms with E-state index in [1.807, 2.05) is 6.92 Å². The third-order valence-corrected chi connectivity index (χ3v) is 3.62. The molecule has 0 aromatic carbocycles. The number of hydrogen-bond donors (Lipinski definition) is 1. The molecule has 142 valence electrons. The van der Waals surface area contributed by atoms with Crippen molar-refractivity contribution in [1.29, 1.82) is 0 Å². The lowest BCUT2D eigenvalue weighted by Crippen LogP contribution is -2.65. The lowest BCUT2D eigenvalue weighted by molar-refractivity contribution is -0.223. The summed E-state index contributed by atoms with van der Waals surface area (Å²) in [5, 5.41) is 2.69. The molecule has 0 saturated carbocycles. The molecule has 1 saturated heterocycles. The van der Waals surface area contributed by atoms with Gasteiger partial charge in [-0.25, -0.2) is 0 Å². The maximum atomic E-state index is 11.5. The Morgan fingerprint density at radius 1 is 0.880 bits per heavy atom. The normalized spacial score (nSPS) is 28.6. The number of carbonyl (C=O) groups is 4. The molecule has 9 heteroatoms. The molecular weight excluding hydrogens is 334 g/mol. The van der Waals surface area contributed by atoms with E-state index in [-0.39, 0.29) is 12.5 Å². The largest absolute Gasteiger partial charge is 0.463 e. The molecule has 0 bridgehead atoms. The predicted octanol–water partition coefficient (Wildman–Crippen LogP) is 0.0950. The van der Waals surface area contributed by atoms with Gasteiger partial charge in [0.25, 0.3) is 0 Å². The van der Waals surface area contributed by atoms with Crippen LogP contribution in [0.25, 0.3) is 0 Å². The highest BCUT2D eigenvalue weighted by Gasteiger charge is 2.49. The van der Waals surface area contributed by atoms with Crippen LogP contribution in [0.15, 0.2) is 0 Å². The summed E-state index contributed by atoms with van der Waals surface area (Å²) in [6.45, 7) is 6.64. The Labute approximate surface area is 146 Å². The molecule has 0 aromatic heterocycles. The molecule has 0 aliphatic carbocycles. The maximum absolute atomic E-state index is 11.5. The first kappa shape index (κ1) is 20.9. The van der Waals surface area contributed by atoms with Crippen molar-refractivity contribution in [3.8, 4) is 0 Å². The maximum Gasteiger partial charge on any atom is 0.303 e. The highest BCUT2D eigenvalue weighted by Crippen LogP contribution is 2.28. The number of rotatable bonds is 6. The molecule has 5 atom stereocenters. The molecule has 1 aliphatic heterocycles. The number of hydrogen-bond acceptors (Lipinski definition) is 8. The predicted molar refractivity (Wildman–Crippen MR) is 84.3 cm³/mol. The third kappa shape index (κ3) is 6.33. The van der Waals surface area contributed by atoms with Gasteiger partial charge in [0.05, 0.1) is 12.1 Å². The quantitative estimate of drug-likeness (QED) is 0.524. The van der Waals surface area contributed by atoms with Crippen LogP contribution in [0.5, 0.6) is 0 Å². The van der Waals surface area contributed by atoms with Crippen molar-refractivity contribution < 1.29 is 38.1 Å². The molecule has 0 radical (unpaired) electrons. The minimum Gasteiger partial charge on any atom is -0.463 e. The zero-order valence-corrected chi connectivity index (χ0v) is 15.1. The monoisotopic (exact) mass is 359 g/mol. The highest BCUT2D eigenvalue weighted by atomic mass is 16.6. The Balaban J connectivity index is 3.18. The Kier molecular flexibility index (Phi) is 7.82. The first-order valence-corrected chi connectivity index (χ1v) is 8.06. The Morgan fingerprint density at radius 3 is 1.88 bits per heavy atom. The van der Waals surface area contributed by atoms with Gasteiger partial charge in [0, 0.05) is 27.7 Å². The fourth-order valence-corrected chi connectivity index (χ4v) is 2.77. The molecule has 5 unspecified atom stereocenters. The van der Waals surface area contributed by atoms with Crippen molar-refractivity contribution in [2.75, 3.05) is 6.61 Å². The first-order valence-electron chi connectivity index (χ1n) is 8.06. The van der Waals surface area contributed by atoms with Gasteiger partial charge in [0.2, 0.25) is 5.91 Å². The minimum atomic E-state index is -1.03. The van der Waals surface area contributed by atoms with Crippen LogP contribution >= 0.6 is 0 Å². The summed E-state index contributed by atoms with van der Waals surface area (Å²) in [5.41, 5.74) is 0. The van der Waals surface area contributed by atoms with Gasteiger partial charge in [-0.05, 0) is 6.42 Å². The zero-order chi connectivity index (χ0) is 19.1. The highest BCUT2D eigenvalue weighted by molar-refractivity contribution is 5.73. The van der Waals surface area contributed by atoms with E-state index in [9.17, 15) is 19.2 Å². The van der Waals surface area contributed by atoms with Crippen LogP contribution in [0.1, 0.15) is 41.0 Å². The summed E-state index contributed by atoms with van der Waals surface area (Å²) >= 11 is 0. The van der Waals surface area contributed by atoms with Crippen LogP contribution < -0.4 is 5.32 Å². The molecule has 1 rings (SSSR count). The number of amides is 1. The first-order chi connectivity index (χ1) is 11.6. The van der Waals surface area contributed by atoms with Gasteiger partial charge in [-0.2, -0.15) is 0 Å². The average molecular weight is 359 g/mol. The Bertz CT molecular complexity index is 520. The molecule has 1 N–H and O–H groups in total. The van der Waals surface area contributed by atoms with Crippen LogP contribution in [-0.4, -0.2) is 60.9 Å². The van der Waals surface area contributed by atoms with Crippen molar-refractivity contribution in [2.24, 2.45) is 0 Å². The lowest BCUT2D eigenvalue weighted by Gasteiger charge is -2.45. The molecule has 25 heavy (non-hydrogen) atoms. The molecule has 1 heterocycles. The number of esters is 3. The zero-order valence-electron chi connectivity index (χ0n) is 15.1. The van der Waals surface area contributed by atoms with Gasteiger partial charge in [0.1, 0.15) is 12.7 Å². The minimum absolute atomic E-state index is 0.172. The van der Waals surface area contributed by atoms with Crippen LogP contribution in [0.4, 0.5) is 0 Å². The van der Waals surface area contributed by atoms with E-state index in [1.54, 1.807) is 0 Å². The number of carbonyl (C=O) groups excluding carboxylic acids is 4. The fourth-order valence-electron chi connectivity index (χ4n) is 2.77.